The Morgan fingerprint density at radius 2 is 1.91 bits per heavy atom. The Labute approximate surface area is 138 Å². The van der Waals surface area contributed by atoms with E-state index in [1.165, 1.54) is 0 Å². The summed E-state index contributed by atoms with van der Waals surface area (Å²) in [5.74, 6) is -0.829. The fourth-order valence-corrected chi connectivity index (χ4v) is 2.75. The number of hydrogen-bond acceptors (Lipinski definition) is 5. The van der Waals surface area contributed by atoms with Crippen LogP contribution in [0.5, 0.6) is 0 Å². The lowest BCUT2D eigenvalue weighted by atomic mass is 9.87. The zero-order valence-electron chi connectivity index (χ0n) is 13.9. The largest absolute Gasteiger partial charge is 0.396 e. The second-order valence-corrected chi connectivity index (χ2v) is 6.04. The van der Waals surface area contributed by atoms with Crippen molar-refractivity contribution in [2.24, 2.45) is 17.0 Å². The summed E-state index contributed by atoms with van der Waals surface area (Å²) in [6.45, 7) is 8.67. The number of ketones is 2. The third kappa shape index (κ3) is 4.60. The monoisotopic (exact) mass is 326 g/mol. The van der Waals surface area contributed by atoms with Crippen LogP contribution in [0.2, 0.25) is 0 Å². The molecule has 0 saturated carbocycles. The Balaban J connectivity index is 2.88. The highest BCUT2D eigenvalue weighted by Gasteiger charge is 2.38. The zero-order valence-corrected chi connectivity index (χ0v) is 14.7. The van der Waals surface area contributed by atoms with E-state index < -0.39 is 5.92 Å². The van der Waals surface area contributed by atoms with Gasteiger partial charge in [-0.3, -0.25) is 9.59 Å². The molecule has 1 rings (SSSR count). The first-order valence-corrected chi connectivity index (χ1v) is 8.39. The van der Waals surface area contributed by atoms with Crippen LogP contribution in [-0.2, 0) is 14.4 Å². The van der Waals surface area contributed by atoms with Crippen molar-refractivity contribution >= 4 is 34.5 Å². The second-order valence-electron chi connectivity index (χ2n) is 5.62. The molecule has 0 spiro atoms. The number of likely N-dealkylation sites (tertiary alicyclic amines) is 1. The van der Waals surface area contributed by atoms with Gasteiger partial charge in [-0.15, -0.1) is 0 Å². The first-order valence-electron chi connectivity index (χ1n) is 7.99. The Morgan fingerprint density at radius 1 is 1.32 bits per heavy atom. The van der Waals surface area contributed by atoms with Crippen LogP contribution < -0.4 is 0 Å². The van der Waals surface area contributed by atoms with Crippen molar-refractivity contribution in [2.45, 2.75) is 47.0 Å². The summed E-state index contributed by atoms with van der Waals surface area (Å²) in [6, 6.07) is 0. The summed E-state index contributed by atoms with van der Waals surface area (Å²) in [5.41, 5.74) is 0.549. The van der Waals surface area contributed by atoms with E-state index in [9.17, 15) is 9.59 Å². The summed E-state index contributed by atoms with van der Waals surface area (Å²) in [4.78, 5) is 32.4. The van der Waals surface area contributed by atoms with Gasteiger partial charge < -0.3 is 9.74 Å². The summed E-state index contributed by atoms with van der Waals surface area (Å²) in [7, 11) is 0. The van der Waals surface area contributed by atoms with Gasteiger partial charge in [0.05, 0.1) is 23.8 Å². The Bertz CT molecular complexity index is 444. The van der Waals surface area contributed by atoms with Gasteiger partial charge in [0, 0.05) is 5.92 Å². The average Bonchev–Trinajstić information content (AvgIpc) is 2.50. The van der Waals surface area contributed by atoms with Crippen molar-refractivity contribution in [3.8, 4) is 0 Å². The van der Waals surface area contributed by atoms with E-state index >= 15 is 0 Å². The van der Waals surface area contributed by atoms with Gasteiger partial charge in [-0.05, 0) is 19.8 Å². The van der Waals surface area contributed by atoms with Crippen LogP contribution in [-0.4, -0.2) is 46.9 Å². The molecule has 1 fully saturated rings. The van der Waals surface area contributed by atoms with Crippen molar-refractivity contribution < 1.29 is 14.4 Å². The van der Waals surface area contributed by atoms with Gasteiger partial charge in [0.1, 0.15) is 12.5 Å². The lowest BCUT2D eigenvalue weighted by molar-refractivity contribution is -0.134. The van der Waals surface area contributed by atoms with E-state index in [4.69, 9.17) is 17.1 Å². The summed E-state index contributed by atoms with van der Waals surface area (Å²) >= 11 is 5.39. The van der Waals surface area contributed by atoms with Crippen LogP contribution in [0.3, 0.4) is 0 Å². The molecule has 5 nitrogen and oxygen atoms in total. The summed E-state index contributed by atoms with van der Waals surface area (Å²) in [6.07, 6.45) is 2.31. The van der Waals surface area contributed by atoms with Gasteiger partial charge in [0.15, 0.2) is 11.6 Å². The number of rotatable bonds is 7. The Morgan fingerprint density at radius 3 is 2.36 bits per heavy atom. The smallest absolute Gasteiger partial charge is 0.168 e. The third-order valence-electron chi connectivity index (χ3n) is 3.83. The fourth-order valence-electron chi connectivity index (χ4n) is 2.45. The molecule has 1 aliphatic rings. The normalized spacial score (nSPS) is 18.5. The molecule has 0 radical (unpaired) electrons. The standard InChI is InChI=1S/C16H26N2O3S/c1-5-8-12(17-21-7-3)15-13(19)9-18(10-14(15)20)16(22)11(4)6-2/h11,15H,5-10H2,1-4H3. The molecule has 6 heteroatoms. The predicted octanol–water partition coefficient (Wildman–Crippen LogP) is 2.62. The van der Waals surface area contributed by atoms with Gasteiger partial charge >= 0.3 is 0 Å². The van der Waals surface area contributed by atoms with Gasteiger partial charge in [0.2, 0.25) is 0 Å². The highest BCUT2D eigenvalue weighted by molar-refractivity contribution is 7.80. The third-order valence-corrected chi connectivity index (χ3v) is 4.49. The van der Waals surface area contributed by atoms with Crippen LogP contribution in [0.1, 0.15) is 47.0 Å². The first-order chi connectivity index (χ1) is 10.5. The van der Waals surface area contributed by atoms with E-state index in [1.807, 2.05) is 27.7 Å². The minimum atomic E-state index is -0.762. The fraction of sp³-hybridized carbons (Fsp3) is 0.750. The molecule has 0 aliphatic carbocycles. The van der Waals surface area contributed by atoms with Gasteiger partial charge in [-0.2, -0.15) is 0 Å². The van der Waals surface area contributed by atoms with Gasteiger partial charge in [0.25, 0.3) is 0 Å². The van der Waals surface area contributed by atoms with Crippen molar-refractivity contribution in [2.75, 3.05) is 19.7 Å². The molecule has 1 atom stereocenters. The number of thiocarbonyl (C=S) groups is 1. The minimum absolute atomic E-state index is 0.131. The van der Waals surface area contributed by atoms with E-state index in [-0.39, 0.29) is 30.6 Å². The van der Waals surface area contributed by atoms with Crippen molar-refractivity contribution in [3.05, 3.63) is 0 Å². The maximum absolute atomic E-state index is 12.5. The number of nitrogens with zero attached hydrogens (tertiary/aromatic N) is 2. The summed E-state index contributed by atoms with van der Waals surface area (Å²) in [5, 5.41) is 4.00. The Kier molecular flexibility index (Phi) is 7.65. The molecule has 1 heterocycles. The average molecular weight is 326 g/mol. The van der Waals surface area contributed by atoms with Crippen molar-refractivity contribution in [3.63, 3.8) is 0 Å². The highest BCUT2D eigenvalue weighted by Crippen LogP contribution is 2.19. The number of oxime groups is 1. The molecule has 1 aliphatic heterocycles. The van der Waals surface area contributed by atoms with E-state index in [0.717, 1.165) is 12.8 Å². The van der Waals surface area contributed by atoms with Crippen LogP contribution in [0.25, 0.3) is 0 Å². The molecule has 0 bridgehead atoms. The molecule has 0 amide bonds. The van der Waals surface area contributed by atoms with E-state index in [2.05, 4.69) is 5.16 Å². The van der Waals surface area contributed by atoms with E-state index in [0.29, 0.717) is 23.7 Å². The quantitative estimate of drug-likeness (QED) is 0.311. The highest BCUT2D eigenvalue weighted by atomic mass is 32.1. The van der Waals surface area contributed by atoms with Crippen LogP contribution >= 0.6 is 12.2 Å². The molecule has 1 saturated heterocycles. The Hall–Kier alpha value is -1.30. The van der Waals surface area contributed by atoms with Crippen molar-refractivity contribution in [1.82, 2.24) is 4.90 Å². The topological polar surface area (TPSA) is 59.0 Å². The molecular formula is C16H26N2O3S. The number of piperidine rings is 1. The second kappa shape index (κ2) is 8.98. The van der Waals surface area contributed by atoms with Gasteiger partial charge in [-0.1, -0.05) is 44.6 Å². The minimum Gasteiger partial charge on any atom is -0.396 e. The maximum atomic E-state index is 12.5. The molecule has 0 aromatic carbocycles. The molecule has 0 aromatic rings. The molecule has 1 unspecified atom stereocenters. The summed E-state index contributed by atoms with van der Waals surface area (Å²) < 4.78 is 0. The molecular weight excluding hydrogens is 300 g/mol. The van der Waals surface area contributed by atoms with E-state index in [1.54, 1.807) is 4.90 Å². The van der Waals surface area contributed by atoms with Crippen LogP contribution in [0.15, 0.2) is 5.16 Å². The SMILES string of the molecule is CCCC(=NOCC)C1C(=O)CN(C(=S)C(C)CC)CC1=O. The zero-order chi connectivity index (χ0) is 16.7. The van der Waals surface area contributed by atoms with Crippen LogP contribution in [0, 0.1) is 11.8 Å². The van der Waals surface area contributed by atoms with Crippen molar-refractivity contribution in [1.29, 1.82) is 0 Å². The lowest BCUT2D eigenvalue weighted by Crippen LogP contribution is -2.52. The lowest BCUT2D eigenvalue weighted by Gasteiger charge is -2.33. The maximum Gasteiger partial charge on any atom is 0.168 e. The molecule has 0 aromatic heterocycles. The molecule has 124 valence electrons. The van der Waals surface area contributed by atoms with Gasteiger partial charge in [-0.25, -0.2) is 0 Å². The van der Waals surface area contributed by atoms with Crippen LogP contribution in [0.4, 0.5) is 0 Å². The number of carbonyl (C=O) groups excluding carboxylic acids is 2. The molecule has 22 heavy (non-hydrogen) atoms. The number of carbonyl (C=O) groups is 2. The first kappa shape index (κ1) is 18.7. The number of Topliss-reactive ketones (excluding diaryl/α,β-unsaturated/α-hetero) is 2. The number of hydrogen-bond donors (Lipinski definition) is 0. The predicted molar refractivity (Wildman–Crippen MR) is 91.1 cm³/mol. The molecule has 0 N–H and O–H groups in total.